The Morgan fingerprint density at radius 3 is 2.19 bits per heavy atom. The zero-order valence-corrected chi connectivity index (χ0v) is 19.3. The van der Waals surface area contributed by atoms with Crippen molar-refractivity contribution in [3.63, 3.8) is 0 Å². The zero-order valence-electron chi connectivity index (χ0n) is 18.5. The van der Waals surface area contributed by atoms with Crippen LogP contribution >= 0.6 is 11.8 Å². The van der Waals surface area contributed by atoms with Crippen LogP contribution in [-0.2, 0) is 4.79 Å². The lowest BCUT2D eigenvalue weighted by molar-refractivity contribution is -0.128. The summed E-state index contributed by atoms with van der Waals surface area (Å²) in [4.78, 5) is 15.0. The molecule has 3 aromatic carbocycles. The Labute approximate surface area is 193 Å². The van der Waals surface area contributed by atoms with Crippen LogP contribution in [0.2, 0.25) is 0 Å². The van der Waals surface area contributed by atoms with E-state index in [0.717, 1.165) is 22.4 Å². The van der Waals surface area contributed by atoms with Crippen molar-refractivity contribution in [3.8, 4) is 5.69 Å². The molecule has 5 nitrogen and oxygen atoms in total. The maximum absolute atomic E-state index is 13.2. The number of hydrogen-bond acceptors (Lipinski definition) is 4. The molecule has 0 aliphatic carbocycles. The summed E-state index contributed by atoms with van der Waals surface area (Å²) >= 11 is 1.40. The number of carbonyl (C=O) groups excluding carboxylic acids is 1. The highest BCUT2D eigenvalue weighted by Crippen LogP contribution is 2.29. The molecule has 4 rings (SSSR count). The van der Waals surface area contributed by atoms with Crippen LogP contribution in [0.1, 0.15) is 28.3 Å². The van der Waals surface area contributed by atoms with Crippen LogP contribution in [0.15, 0.2) is 90.3 Å². The lowest BCUT2D eigenvalue weighted by Crippen LogP contribution is -2.33. The highest BCUT2D eigenvalue weighted by Gasteiger charge is 2.24. The predicted octanol–water partition coefficient (Wildman–Crippen LogP) is 5.22. The van der Waals surface area contributed by atoms with Gasteiger partial charge in [-0.2, -0.15) is 0 Å². The van der Waals surface area contributed by atoms with E-state index >= 15 is 0 Å². The Kier molecular flexibility index (Phi) is 6.71. The van der Waals surface area contributed by atoms with Gasteiger partial charge in [-0.25, -0.2) is 0 Å². The van der Waals surface area contributed by atoms with Crippen LogP contribution in [0.3, 0.4) is 0 Å². The summed E-state index contributed by atoms with van der Waals surface area (Å²) < 4.78 is 1.94. The second kappa shape index (κ2) is 9.83. The van der Waals surface area contributed by atoms with Crippen LogP contribution in [0.4, 0.5) is 0 Å². The first kappa shape index (κ1) is 21.8. The summed E-state index contributed by atoms with van der Waals surface area (Å²) in [6.45, 7) is 4.14. The normalized spacial score (nSPS) is 11.0. The summed E-state index contributed by atoms with van der Waals surface area (Å²) in [7, 11) is 1.86. The molecule has 0 aliphatic rings. The first-order valence-electron chi connectivity index (χ1n) is 10.5. The van der Waals surface area contributed by atoms with Crippen LogP contribution in [-0.4, -0.2) is 38.4 Å². The third-order valence-electron chi connectivity index (χ3n) is 5.46. The molecule has 1 amide bonds. The fraction of sp³-hybridized carbons (Fsp3) is 0.192. The smallest absolute Gasteiger partial charge is 0.233 e. The first-order valence-corrected chi connectivity index (χ1v) is 11.5. The molecular formula is C26H26N4OS. The number of carbonyl (C=O) groups is 1. The fourth-order valence-electron chi connectivity index (χ4n) is 3.85. The standard InChI is InChI=1S/C26H26N4OS/c1-19-14-15-23(20(2)16-19)30-18-27-28-26(30)32-17-24(31)29(3)25(21-10-6-4-7-11-21)22-12-8-5-9-13-22/h4-16,18,25H,17H2,1-3H3. The second-order valence-electron chi connectivity index (χ2n) is 7.79. The van der Waals surface area contributed by atoms with Gasteiger partial charge in [-0.3, -0.25) is 9.36 Å². The molecule has 0 atom stereocenters. The SMILES string of the molecule is Cc1ccc(-n2cnnc2SCC(=O)N(C)C(c2ccccc2)c2ccccc2)c(C)c1. The summed E-state index contributed by atoms with van der Waals surface area (Å²) in [6, 6.07) is 26.4. The number of nitrogens with zero attached hydrogens (tertiary/aromatic N) is 4. The van der Waals surface area contributed by atoms with Crippen molar-refractivity contribution >= 4 is 17.7 Å². The van der Waals surface area contributed by atoms with Gasteiger partial charge in [0.1, 0.15) is 6.33 Å². The highest BCUT2D eigenvalue weighted by molar-refractivity contribution is 7.99. The minimum atomic E-state index is -0.150. The van der Waals surface area contributed by atoms with E-state index in [1.165, 1.54) is 17.3 Å². The number of rotatable bonds is 7. The monoisotopic (exact) mass is 442 g/mol. The van der Waals surface area contributed by atoms with Crippen molar-refractivity contribution in [1.82, 2.24) is 19.7 Å². The van der Waals surface area contributed by atoms with Crippen molar-refractivity contribution < 1.29 is 4.79 Å². The summed E-state index contributed by atoms with van der Waals surface area (Å²) in [5, 5.41) is 9.04. The molecule has 1 heterocycles. The van der Waals surface area contributed by atoms with E-state index in [-0.39, 0.29) is 17.7 Å². The largest absolute Gasteiger partial charge is 0.334 e. The zero-order chi connectivity index (χ0) is 22.5. The maximum atomic E-state index is 13.2. The van der Waals surface area contributed by atoms with E-state index < -0.39 is 0 Å². The molecule has 0 unspecified atom stereocenters. The van der Waals surface area contributed by atoms with Crippen LogP contribution in [0, 0.1) is 13.8 Å². The molecule has 0 saturated carbocycles. The molecular weight excluding hydrogens is 416 g/mol. The van der Waals surface area contributed by atoms with Gasteiger partial charge in [0.25, 0.3) is 0 Å². The predicted molar refractivity (Wildman–Crippen MR) is 129 cm³/mol. The third-order valence-corrected chi connectivity index (χ3v) is 6.39. The van der Waals surface area contributed by atoms with Gasteiger partial charge in [0.2, 0.25) is 5.91 Å². The van der Waals surface area contributed by atoms with E-state index in [1.807, 2.05) is 52.9 Å². The average Bonchev–Trinajstić information content (AvgIpc) is 3.27. The lowest BCUT2D eigenvalue weighted by atomic mass is 9.97. The van der Waals surface area contributed by atoms with Gasteiger partial charge in [0.05, 0.1) is 17.5 Å². The van der Waals surface area contributed by atoms with Gasteiger partial charge in [-0.1, -0.05) is 90.1 Å². The van der Waals surface area contributed by atoms with E-state index in [1.54, 1.807) is 6.33 Å². The number of hydrogen-bond donors (Lipinski definition) is 0. The number of aromatic nitrogens is 3. The van der Waals surface area contributed by atoms with Gasteiger partial charge >= 0.3 is 0 Å². The Morgan fingerprint density at radius 1 is 0.969 bits per heavy atom. The van der Waals surface area contributed by atoms with Gasteiger partial charge in [-0.15, -0.1) is 10.2 Å². The molecule has 0 saturated heterocycles. The Hall–Kier alpha value is -3.38. The van der Waals surface area contributed by atoms with Crippen LogP contribution in [0.5, 0.6) is 0 Å². The van der Waals surface area contributed by atoms with Crippen LogP contribution in [0.25, 0.3) is 5.69 Å². The van der Waals surface area contributed by atoms with Gasteiger partial charge in [0, 0.05) is 7.05 Å². The summed E-state index contributed by atoms with van der Waals surface area (Å²) in [5.74, 6) is 0.305. The van der Waals surface area contributed by atoms with Crippen molar-refractivity contribution in [2.24, 2.45) is 0 Å². The molecule has 0 fully saturated rings. The van der Waals surface area contributed by atoms with Crippen molar-refractivity contribution in [2.45, 2.75) is 25.0 Å². The Balaban J connectivity index is 1.53. The number of amides is 1. The lowest BCUT2D eigenvalue weighted by Gasteiger charge is -2.29. The highest BCUT2D eigenvalue weighted by atomic mass is 32.2. The van der Waals surface area contributed by atoms with Crippen LogP contribution < -0.4 is 0 Å². The van der Waals surface area contributed by atoms with E-state index in [4.69, 9.17) is 0 Å². The molecule has 0 N–H and O–H groups in total. The Bertz CT molecular complexity index is 1150. The van der Waals surface area contributed by atoms with Crippen molar-refractivity contribution in [3.05, 3.63) is 107 Å². The summed E-state index contributed by atoms with van der Waals surface area (Å²) in [6.07, 6.45) is 1.70. The number of thioether (sulfide) groups is 1. The molecule has 4 aromatic rings. The van der Waals surface area contributed by atoms with Gasteiger partial charge < -0.3 is 4.90 Å². The first-order chi connectivity index (χ1) is 15.5. The molecule has 0 spiro atoms. The van der Waals surface area contributed by atoms with Gasteiger partial charge in [-0.05, 0) is 36.6 Å². The van der Waals surface area contributed by atoms with E-state index in [0.29, 0.717) is 5.16 Å². The number of aryl methyl sites for hydroxylation is 2. The van der Waals surface area contributed by atoms with Crippen molar-refractivity contribution in [1.29, 1.82) is 0 Å². The maximum Gasteiger partial charge on any atom is 0.233 e. The summed E-state index contributed by atoms with van der Waals surface area (Å²) in [5.41, 5.74) is 5.54. The molecule has 0 aliphatic heterocycles. The third kappa shape index (κ3) is 4.75. The van der Waals surface area contributed by atoms with E-state index in [9.17, 15) is 4.79 Å². The van der Waals surface area contributed by atoms with Gasteiger partial charge in [0.15, 0.2) is 5.16 Å². The van der Waals surface area contributed by atoms with E-state index in [2.05, 4.69) is 66.5 Å². The minimum absolute atomic E-state index is 0.0304. The quantitative estimate of drug-likeness (QED) is 0.368. The molecule has 32 heavy (non-hydrogen) atoms. The molecule has 162 valence electrons. The Morgan fingerprint density at radius 2 is 1.59 bits per heavy atom. The second-order valence-corrected chi connectivity index (χ2v) is 8.73. The molecule has 1 aromatic heterocycles. The number of benzene rings is 3. The fourth-order valence-corrected chi connectivity index (χ4v) is 4.69. The molecule has 6 heteroatoms. The molecule has 0 radical (unpaired) electrons. The average molecular weight is 443 g/mol. The minimum Gasteiger partial charge on any atom is -0.334 e. The van der Waals surface area contributed by atoms with Crippen molar-refractivity contribution in [2.75, 3.05) is 12.8 Å². The molecule has 0 bridgehead atoms. The topological polar surface area (TPSA) is 51.0 Å².